The smallest absolute Gasteiger partial charge is 0.288 e. The van der Waals surface area contributed by atoms with E-state index in [0.717, 1.165) is 0 Å². The fourth-order valence-corrected chi connectivity index (χ4v) is 0.331. The maximum Gasteiger partial charge on any atom is 0.294 e. The molecule has 0 aliphatic carbocycles. The molecule has 30 valence electrons. The lowest BCUT2D eigenvalue weighted by Crippen LogP contribution is -1.88. The summed E-state index contributed by atoms with van der Waals surface area (Å²) in [6.07, 6.45) is 1.83. The first-order chi connectivity index (χ1) is 2.89. The third-order valence-electron chi connectivity index (χ3n) is 0.616. The zero-order valence-electron chi connectivity index (χ0n) is 3.22. The number of Topliss-reactive ketones (excluding diaryl/α,β-unsaturated/α-hetero) is 1. The largest absolute Gasteiger partial charge is 0.294 e. The molecule has 6 heavy (non-hydrogen) atoms. The van der Waals surface area contributed by atoms with Crippen molar-refractivity contribution in [2.45, 2.75) is 6.42 Å². The van der Waals surface area contributed by atoms with Gasteiger partial charge in [-0.25, -0.2) is 0 Å². The van der Waals surface area contributed by atoms with Gasteiger partial charge in [-0.3, -0.25) is 4.79 Å². The summed E-state index contributed by atoms with van der Waals surface area (Å²) >= 11 is 0. The van der Waals surface area contributed by atoms with Crippen LogP contribution in [0.25, 0.3) is 0 Å². The Morgan fingerprint density at radius 3 is 2.83 bits per heavy atom. The topological polar surface area (TPSA) is 31.2 Å². The van der Waals surface area contributed by atoms with Crippen molar-refractivity contribution in [3.63, 3.8) is 0 Å². The monoisotopic (exact) mass is 82.0 g/mol. The van der Waals surface area contributed by atoms with Crippen LogP contribution in [0.4, 0.5) is 0 Å². The van der Waals surface area contributed by atoms with Crippen LogP contribution in [0.2, 0.25) is 0 Å². The predicted molar refractivity (Wildman–Crippen MR) is 22.1 cm³/mol. The first-order valence-corrected chi connectivity index (χ1v) is 1.77. The number of nitrogens with zero attached hydrogens (tertiary/aromatic N) is 1. The molecule has 0 aromatic heterocycles. The van der Waals surface area contributed by atoms with Crippen molar-refractivity contribution in [2.24, 2.45) is 0 Å². The number of hydrogen-bond acceptors (Lipinski definition) is 2. The molecule has 2 nitrogen and oxygen atoms in total. The summed E-state index contributed by atoms with van der Waals surface area (Å²) in [5, 5.41) is 0. The van der Waals surface area contributed by atoms with Crippen LogP contribution in [-0.2, 0) is 4.79 Å². The van der Waals surface area contributed by atoms with Crippen LogP contribution >= 0.6 is 0 Å². The molecule has 0 saturated heterocycles. The van der Waals surface area contributed by atoms with Crippen LogP contribution in [0.15, 0.2) is 0 Å². The third kappa shape index (κ3) is 0.455. The van der Waals surface area contributed by atoms with Gasteiger partial charge in [0.25, 0.3) is 12.8 Å². The maximum absolute atomic E-state index is 10.1. The van der Waals surface area contributed by atoms with Gasteiger partial charge in [0.15, 0.2) is 0 Å². The van der Waals surface area contributed by atoms with E-state index in [0.29, 0.717) is 6.42 Å². The normalized spacial score (nSPS) is 19.7. The number of ketones is 1. The van der Waals surface area contributed by atoms with Crippen LogP contribution in [0.3, 0.4) is 0 Å². The number of carbonyl (C=O) groups is 1. The van der Waals surface area contributed by atoms with E-state index in [9.17, 15) is 4.79 Å². The van der Waals surface area contributed by atoms with Crippen molar-refractivity contribution in [3.8, 4) is 0 Å². The second-order valence-corrected chi connectivity index (χ2v) is 1.13. The Hall–Kier alpha value is -0.660. The number of hydrogen-bond donors (Lipinski definition) is 0. The lowest BCUT2D eigenvalue weighted by molar-refractivity contribution is -0.111. The molecule has 1 aliphatic rings. The van der Waals surface area contributed by atoms with Crippen LogP contribution < -0.4 is 4.99 Å². The molecule has 0 fully saturated rings. The molecule has 1 heterocycles. The van der Waals surface area contributed by atoms with E-state index in [4.69, 9.17) is 0 Å². The lowest BCUT2D eigenvalue weighted by atomic mass is 10.4. The Morgan fingerprint density at radius 1 is 1.83 bits per heavy atom. The molecule has 2 heteroatoms. The zero-order valence-corrected chi connectivity index (χ0v) is 3.22. The Balaban J connectivity index is 2.59. The minimum Gasteiger partial charge on any atom is -0.288 e. The number of aliphatic imine (C=N–C) groups is 1. The standard InChI is InChI=1S/C4H4NO/c6-4-1-2-5-3-4/h2-3H,1H2/q+1. The molecule has 0 spiro atoms. The average Bonchev–Trinajstić information content (AvgIpc) is 1.86. The highest BCUT2D eigenvalue weighted by Crippen LogP contribution is 1.86. The number of carbonyl (C=O) groups excluding carboxylic acids is 1. The second-order valence-electron chi connectivity index (χ2n) is 1.13. The van der Waals surface area contributed by atoms with Crippen molar-refractivity contribution in [1.29, 1.82) is 0 Å². The van der Waals surface area contributed by atoms with Gasteiger partial charge in [0.05, 0.1) is 6.42 Å². The molecule has 1 aliphatic heterocycles. The zero-order chi connectivity index (χ0) is 4.41. The quantitative estimate of drug-likeness (QED) is 0.388. The van der Waals surface area contributed by atoms with E-state index in [1.54, 1.807) is 6.54 Å². The second kappa shape index (κ2) is 1.20. The minimum absolute atomic E-state index is 0.106. The molecule has 0 amide bonds. The SMILES string of the molecule is O=C1C=[N+][CH]C1. The summed E-state index contributed by atoms with van der Waals surface area (Å²) in [6.45, 7) is 1.60. The van der Waals surface area contributed by atoms with E-state index in [1.165, 1.54) is 6.21 Å². The molecular formula is C4H4NO+. The van der Waals surface area contributed by atoms with Gasteiger partial charge >= 0.3 is 0 Å². The van der Waals surface area contributed by atoms with Crippen LogP contribution in [-0.4, -0.2) is 12.0 Å². The van der Waals surface area contributed by atoms with Gasteiger partial charge in [-0.05, 0) is 0 Å². The van der Waals surface area contributed by atoms with Crippen LogP contribution in [0.5, 0.6) is 0 Å². The summed E-state index contributed by atoms with van der Waals surface area (Å²) in [6, 6.07) is 0. The fraction of sp³-hybridized carbons (Fsp3) is 0.250. The summed E-state index contributed by atoms with van der Waals surface area (Å²) in [5.41, 5.74) is 0. The van der Waals surface area contributed by atoms with E-state index in [2.05, 4.69) is 4.99 Å². The van der Waals surface area contributed by atoms with E-state index < -0.39 is 0 Å². The third-order valence-corrected chi connectivity index (χ3v) is 0.616. The summed E-state index contributed by atoms with van der Waals surface area (Å²) in [4.78, 5) is 13.6. The lowest BCUT2D eigenvalue weighted by Gasteiger charge is -1.58. The van der Waals surface area contributed by atoms with Gasteiger partial charge in [0, 0.05) is 4.99 Å². The van der Waals surface area contributed by atoms with Crippen molar-refractivity contribution in [3.05, 3.63) is 6.54 Å². The first-order valence-electron chi connectivity index (χ1n) is 1.77. The molecule has 0 N–H and O–H groups in total. The number of rotatable bonds is 0. The Kier molecular flexibility index (Phi) is 0.708. The molecule has 0 aromatic carbocycles. The summed E-state index contributed by atoms with van der Waals surface area (Å²) < 4.78 is 0. The van der Waals surface area contributed by atoms with E-state index >= 15 is 0 Å². The molecule has 2 radical (unpaired) electrons. The molecule has 0 bridgehead atoms. The van der Waals surface area contributed by atoms with Crippen molar-refractivity contribution in [1.82, 2.24) is 4.99 Å². The summed E-state index contributed by atoms with van der Waals surface area (Å²) in [7, 11) is 0. The van der Waals surface area contributed by atoms with E-state index in [-0.39, 0.29) is 5.78 Å². The molecule has 0 unspecified atom stereocenters. The van der Waals surface area contributed by atoms with Crippen molar-refractivity contribution < 1.29 is 4.79 Å². The van der Waals surface area contributed by atoms with Gasteiger partial charge in [0.1, 0.15) is 0 Å². The highest BCUT2D eigenvalue weighted by Gasteiger charge is 2.14. The highest BCUT2D eigenvalue weighted by atomic mass is 16.1. The fourth-order valence-electron chi connectivity index (χ4n) is 0.331. The average molecular weight is 82.1 g/mol. The molecule has 0 aromatic rings. The van der Waals surface area contributed by atoms with Crippen LogP contribution in [0.1, 0.15) is 6.42 Å². The van der Waals surface area contributed by atoms with Gasteiger partial charge in [-0.15, -0.1) is 0 Å². The molecule has 0 atom stereocenters. The molecular weight excluding hydrogens is 78.0 g/mol. The predicted octanol–water partition coefficient (Wildman–Crippen LogP) is -0.472. The first kappa shape index (κ1) is 3.53. The van der Waals surface area contributed by atoms with E-state index in [1.807, 2.05) is 0 Å². The molecule has 0 saturated carbocycles. The van der Waals surface area contributed by atoms with Crippen molar-refractivity contribution >= 4 is 12.0 Å². The highest BCUT2D eigenvalue weighted by molar-refractivity contribution is 6.28. The maximum atomic E-state index is 10.1. The van der Waals surface area contributed by atoms with Gasteiger partial charge in [-0.2, -0.15) is 0 Å². The Bertz CT molecular complexity index is 95.7. The summed E-state index contributed by atoms with van der Waals surface area (Å²) in [5.74, 6) is 0.106. The van der Waals surface area contributed by atoms with Crippen LogP contribution in [0, 0.1) is 6.54 Å². The van der Waals surface area contributed by atoms with Gasteiger partial charge < -0.3 is 0 Å². The van der Waals surface area contributed by atoms with Gasteiger partial charge in [0.2, 0.25) is 5.78 Å². The Morgan fingerprint density at radius 2 is 2.67 bits per heavy atom. The van der Waals surface area contributed by atoms with Gasteiger partial charge in [-0.1, -0.05) is 0 Å². The van der Waals surface area contributed by atoms with Crippen molar-refractivity contribution in [2.75, 3.05) is 0 Å². The molecule has 1 rings (SSSR count). The minimum atomic E-state index is 0.106. The Labute approximate surface area is 35.9 Å².